The summed E-state index contributed by atoms with van der Waals surface area (Å²) < 4.78 is 12.0. The van der Waals surface area contributed by atoms with Crippen molar-refractivity contribution in [2.45, 2.75) is 6.54 Å². The monoisotopic (exact) mass is 338 g/mol. The molecule has 3 aromatic rings. The average molecular weight is 338 g/mol. The van der Waals surface area contributed by atoms with Crippen molar-refractivity contribution in [2.75, 3.05) is 7.11 Å². The first kappa shape index (κ1) is 16.5. The van der Waals surface area contributed by atoms with Gasteiger partial charge in [0.15, 0.2) is 5.69 Å². The van der Waals surface area contributed by atoms with Crippen LogP contribution in [0, 0.1) is 0 Å². The molecular weight excluding hydrogens is 320 g/mol. The topological polar surface area (TPSA) is 81.7 Å². The zero-order chi connectivity index (χ0) is 17.6. The molecule has 0 aliphatic heterocycles. The number of aryl methyl sites for hydroxylation is 1. The van der Waals surface area contributed by atoms with Gasteiger partial charge in [-0.15, -0.1) is 0 Å². The molecule has 0 unspecified atom stereocenters. The summed E-state index contributed by atoms with van der Waals surface area (Å²) in [4.78, 5) is 16.9. The number of hydrogen-bond donors (Lipinski definition) is 1. The van der Waals surface area contributed by atoms with Gasteiger partial charge < -0.3 is 14.5 Å². The van der Waals surface area contributed by atoms with E-state index in [0.29, 0.717) is 29.4 Å². The summed E-state index contributed by atoms with van der Waals surface area (Å²) in [6.07, 6.45) is 4.77. The number of amides is 1. The van der Waals surface area contributed by atoms with Crippen molar-refractivity contribution >= 4 is 17.8 Å². The van der Waals surface area contributed by atoms with E-state index in [1.54, 1.807) is 45.0 Å². The average Bonchev–Trinajstić information content (AvgIpc) is 3.27. The molecule has 3 rings (SSSR count). The lowest BCUT2D eigenvalue weighted by Crippen LogP contribution is -2.25. The van der Waals surface area contributed by atoms with E-state index < -0.39 is 0 Å². The molecule has 0 aliphatic rings. The summed E-state index contributed by atoms with van der Waals surface area (Å²) in [7, 11) is 3.30. The number of aromatic nitrogens is 2. The van der Waals surface area contributed by atoms with Crippen LogP contribution >= 0.6 is 0 Å². The molecule has 1 amide bonds. The van der Waals surface area contributed by atoms with Gasteiger partial charge in [0.05, 0.1) is 26.1 Å². The molecule has 0 atom stereocenters. The number of methoxy groups -OCH3 is 1. The summed E-state index contributed by atoms with van der Waals surface area (Å²) in [5.74, 6) is 1.11. The molecule has 7 nitrogen and oxygen atoms in total. The molecule has 0 radical (unpaired) electrons. The molecule has 1 aromatic carbocycles. The Morgan fingerprint density at radius 1 is 1.36 bits per heavy atom. The van der Waals surface area contributed by atoms with Crippen LogP contribution in [0.3, 0.4) is 0 Å². The second kappa shape index (κ2) is 7.48. The van der Waals surface area contributed by atoms with Crippen molar-refractivity contribution in [1.82, 2.24) is 15.1 Å². The van der Waals surface area contributed by atoms with Crippen LogP contribution in [0.4, 0.5) is 5.69 Å². The van der Waals surface area contributed by atoms with Crippen LogP contribution < -0.4 is 10.1 Å². The van der Waals surface area contributed by atoms with Gasteiger partial charge in [-0.2, -0.15) is 5.10 Å². The lowest BCUT2D eigenvalue weighted by Gasteiger charge is -2.05. The highest BCUT2D eigenvalue weighted by molar-refractivity contribution is 5.98. The number of para-hydroxylation sites is 1. The third kappa shape index (κ3) is 3.77. The van der Waals surface area contributed by atoms with E-state index in [2.05, 4.69) is 15.4 Å². The number of ether oxygens (including phenoxy) is 1. The van der Waals surface area contributed by atoms with Crippen molar-refractivity contribution in [3.05, 3.63) is 65.9 Å². The maximum atomic E-state index is 12.5. The third-order valence-corrected chi connectivity index (χ3v) is 3.62. The highest BCUT2D eigenvalue weighted by atomic mass is 16.5. The molecule has 0 saturated heterocycles. The predicted molar refractivity (Wildman–Crippen MR) is 93.3 cm³/mol. The van der Waals surface area contributed by atoms with Crippen molar-refractivity contribution in [3.8, 4) is 5.75 Å². The Hall–Kier alpha value is -3.35. The molecule has 25 heavy (non-hydrogen) atoms. The molecule has 0 aliphatic carbocycles. The smallest absolute Gasteiger partial charge is 0.272 e. The van der Waals surface area contributed by atoms with Gasteiger partial charge in [0.25, 0.3) is 5.91 Å². The van der Waals surface area contributed by atoms with E-state index in [1.165, 1.54) is 4.68 Å². The minimum atomic E-state index is -0.274. The van der Waals surface area contributed by atoms with Crippen LogP contribution in [-0.4, -0.2) is 29.0 Å². The Labute approximate surface area is 144 Å². The fourth-order valence-corrected chi connectivity index (χ4v) is 2.36. The third-order valence-electron chi connectivity index (χ3n) is 3.62. The Morgan fingerprint density at radius 2 is 2.20 bits per heavy atom. The lowest BCUT2D eigenvalue weighted by molar-refractivity contribution is 0.0939. The van der Waals surface area contributed by atoms with Gasteiger partial charge >= 0.3 is 0 Å². The van der Waals surface area contributed by atoms with Crippen LogP contribution in [0.2, 0.25) is 0 Å². The number of carbonyl (C=O) groups excluding carboxylic acids is 1. The summed E-state index contributed by atoms with van der Waals surface area (Å²) in [5.41, 5.74) is 1.67. The van der Waals surface area contributed by atoms with E-state index in [1.807, 2.05) is 24.3 Å². The highest BCUT2D eigenvalue weighted by Crippen LogP contribution is 2.20. The molecule has 0 bridgehead atoms. The SMILES string of the molecule is COc1ccccc1C=Nc1cnn(C)c1C(=O)NCc1ccco1. The minimum absolute atomic E-state index is 0.274. The summed E-state index contributed by atoms with van der Waals surface area (Å²) in [5, 5.41) is 6.92. The second-order valence-electron chi connectivity index (χ2n) is 5.26. The van der Waals surface area contributed by atoms with E-state index in [4.69, 9.17) is 9.15 Å². The van der Waals surface area contributed by atoms with Crippen molar-refractivity contribution < 1.29 is 13.9 Å². The largest absolute Gasteiger partial charge is 0.496 e. The van der Waals surface area contributed by atoms with Crippen LogP contribution in [0.1, 0.15) is 21.8 Å². The van der Waals surface area contributed by atoms with Gasteiger partial charge in [-0.3, -0.25) is 14.5 Å². The molecule has 0 fully saturated rings. The van der Waals surface area contributed by atoms with Crippen molar-refractivity contribution in [1.29, 1.82) is 0 Å². The van der Waals surface area contributed by atoms with Crippen LogP contribution in [0.15, 0.2) is 58.3 Å². The first-order valence-corrected chi connectivity index (χ1v) is 7.68. The normalized spacial score (nSPS) is 11.0. The number of nitrogens with one attached hydrogen (secondary N) is 1. The molecule has 1 N–H and O–H groups in total. The number of nitrogens with zero attached hydrogens (tertiary/aromatic N) is 3. The number of aliphatic imine (C=N–C) groups is 1. The zero-order valence-corrected chi connectivity index (χ0v) is 14.0. The standard InChI is InChI=1S/C18H18N4O3/c1-22-17(18(23)20-11-14-7-5-9-25-14)15(12-21-22)19-10-13-6-3-4-8-16(13)24-2/h3-10,12H,11H2,1-2H3,(H,20,23). The van der Waals surface area contributed by atoms with E-state index >= 15 is 0 Å². The van der Waals surface area contributed by atoms with Gasteiger partial charge in [-0.25, -0.2) is 0 Å². The summed E-state index contributed by atoms with van der Waals surface area (Å²) in [6, 6.07) is 11.1. The Bertz CT molecular complexity index is 882. The fourth-order valence-electron chi connectivity index (χ4n) is 2.36. The minimum Gasteiger partial charge on any atom is -0.496 e. The lowest BCUT2D eigenvalue weighted by atomic mass is 10.2. The Kier molecular flexibility index (Phi) is 4.94. The van der Waals surface area contributed by atoms with Crippen LogP contribution in [-0.2, 0) is 13.6 Å². The van der Waals surface area contributed by atoms with Gasteiger partial charge in [0, 0.05) is 18.8 Å². The fraction of sp³-hybridized carbons (Fsp3) is 0.167. The quantitative estimate of drug-likeness (QED) is 0.701. The molecule has 2 aromatic heterocycles. The van der Waals surface area contributed by atoms with Crippen molar-refractivity contribution in [2.24, 2.45) is 12.0 Å². The number of furan rings is 1. The number of benzene rings is 1. The molecule has 7 heteroatoms. The zero-order valence-electron chi connectivity index (χ0n) is 14.0. The van der Waals surface area contributed by atoms with Crippen molar-refractivity contribution in [3.63, 3.8) is 0 Å². The molecule has 0 saturated carbocycles. The van der Waals surface area contributed by atoms with Gasteiger partial charge in [-0.05, 0) is 24.3 Å². The molecule has 0 spiro atoms. The number of rotatable bonds is 6. The van der Waals surface area contributed by atoms with Crippen LogP contribution in [0.5, 0.6) is 5.75 Å². The first-order valence-electron chi connectivity index (χ1n) is 7.68. The van der Waals surface area contributed by atoms with E-state index in [0.717, 1.165) is 5.56 Å². The molecule has 2 heterocycles. The maximum Gasteiger partial charge on any atom is 0.272 e. The van der Waals surface area contributed by atoms with Crippen LogP contribution in [0.25, 0.3) is 0 Å². The maximum absolute atomic E-state index is 12.5. The Morgan fingerprint density at radius 3 is 2.96 bits per heavy atom. The van der Waals surface area contributed by atoms with Gasteiger partial charge in [0.2, 0.25) is 0 Å². The summed E-state index contributed by atoms with van der Waals surface area (Å²) in [6.45, 7) is 0.298. The van der Waals surface area contributed by atoms with E-state index in [9.17, 15) is 4.79 Å². The van der Waals surface area contributed by atoms with E-state index in [-0.39, 0.29) is 5.91 Å². The predicted octanol–water partition coefficient (Wildman–Crippen LogP) is 2.70. The highest BCUT2D eigenvalue weighted by Gasteiger charge is 2.16. The second-order valence-corrected chi connectivity index (χ2v) is 5.26. The number of hydrogen-bond acceptors (Lipinski definition) is 5. The molecule has 128 valence electrons. The first-order chi connectivity index (χ1) is 12.2. The van der Waals surface area contributed by atoms with Gasteiger partial charge in [-0.1, -0.05) is 12.1 Å². The summed E-state index contributed by atoms with van der Waals surface area (Å²) >= 11 is 0. The van der Waals surface area contributed by atoms with Gasteiger partial charge in [0.1, 0.15) is 17.2 Å². The Balaban J connectivity index is 1.79. The number of carbonyl (C=O) groups is 1. The molecular formula is C18H18N4O3.